The molecule has 0 fully saturated rings. The zero-order valence-corrected chi connectivity index (χ0v) is 15.6. The third kappa shape index (κ3) is 8.56. The Hall–Kier alpha value is -3.20. The van der Waals surface area contributed by atoms with Gasteiger partial charge in [-0.3, -0.25) is 9.59 Å². The number of unbranched alkanes of at least 4 members (excludes halogenated alkanes) is 2. The molecule has 8 nitrogen and oxygen atoms in total. The van der Waals surface area contributed by atoms with Crippen LogP contribution in [0.5, 0.6) is 0 Å². The molecular weight excluding hydrogens is 393 g/mol. The molecule has 3 amide bonds. The van der Waals surface area contributed by atoms with Crippen molar-refractivity contribution in [2.75, 3.05) is 18.9 Å². The van der Waals surface area contributed by atoms with Crippen LogP contribution in [0.15, 0.2) is 29.3 Å². The molecule has 0 aliphatic carbocycles. The number of isocyanates is 1. The van der Waals surface area contributed by atoms with Crippen LogP contribution in [0.3, 0.4) is 0 Å². The summed E-state index contributed by atoms with van der Waals surface area (Å²) in [6.07, 6.45) is -1.50. The Balaban J connectivity index is 2.34. The number of benzene rings is 1. The Kier molecular flexibility index (Phi) is 9.54. The molecule has 29 heavy (non-hydrogen) atoms. The summed E-state index contributed by atoms with van der Waals surface area (Å²) in [6, 6.07) is 2.52. The van der Waals surface area contributed by atoms with E-state index in [0.717, 1.165) is 12.1 Å². The SMILES string of the molecule is CNC(=O)C(=O)C(CCCCCNC(=O)Nc1cccc(C(F)(F)F)c1)N=C=O. The minimum atomic E-state index is -4.50. The Labute approximate surface area is 164 Å². The third-order valence-corrected chi connectivity index (χ3v) is 3.85. The van der Waals surface area contributed by atoms with Crippen LogP contribution in [0.2, 0.25) is 0 Å². The number of likely N-dealkylation sites (N-methyl/N-ethyl adjacent to an activating group) is 1. The predicted octanol–water partition coefficient (Wildman–Crippen LogP) is 2.41. The van der Waals surface area contributed by atoms with Crippen LogP contribution in [0.25, 0.3) is 0 Å². The summed E-state index contributed by atoms with van der Waals surface area (Å²) in [5.41, 5.74) is -0.853. The maximum absolute atomic E-state index is 12.6. The molecule has 0 spiro atoms. The van der Waals surface area contributed by atoms with E-state index in [-0.39, 0.29) is 18.7 Å². The van der Waals surface area contributed by atoms with Crippen LogP contribution in [0.1, 0.15) is 31.2 Å². The van der Waals surface area contributed by atoms with Crippen LogP contribution in [0.4, 0.5) is 23.7 Å². The summed E-state index contributed by atoms with van der Waals surface area (Å²) in [4.78, 5) is 48.5. The van der Waals surface area contributed by atoms with E-state index in [2.05, 4.69) is 20.9 Å². The standard InChI is InChI=1S/C18H21F3N4O4/c1-22-16(28)15(27)14(24-11-26)8-3-2-4-9-23-17(29)25-13-7-5-6-12(10-13)18(19,20)21/h5-7,10,14H,2-4,8-9H2,1H3,(H,22,28)(H2,23,25,29). The first kappa shape index (κ1) is 23.8. The Bertz CT molecular complexity index is 777. The molecule has 1 rings (SSSR count). The second kappa shape index (κ2) is 11.6. The lowest BCUT2D eigenvalue weighted by Crippen LogP contribution is -2.35. The number of carbonyl (C=O) groups excluding carboxylic acids is 4. The number of hydrogen-bond donors (Lipinski definition) is 3. The zero-order valence-electron chi connectivity index (χ0n) is 15.6. The van der Waals surface area contributed by atoms with E-state index in [9.17, 15) is 32.3 Å². The molecule has 1 unspecified atom stereocenters. The molecule has 0 saturated carbocycles. The van der Waals surface area contributed by atoms with Gasteiger partial charge >= 0.3 is 12.2 Å². The molecule has 11 heteroatoms. The normalized spacial score (nSPS) is 11.7. The monoisotopic (exact) mass is 414 g/mol. The van der Waals surface area contributed by atoms with Gasteiger partial charge in [0, 0.05) is 19.3 Å². The second-order valence-electron chi connectivity index (χ2n) is 5.99. The van der Waals surface area contributed by atoms with Gasteiger partial charge in [-0.2, -0.15) is 18.2 Å². The van der Waals surface area contributed by atoms with Gasteiger partial charge in [-0.15, -0.1) is 0 Å². The molecule has 0 radical (unpaired) electrons. The average molecular weight is 414 g/mol. The molecule has 0 aliphatic heterocycles. The Morgan fingerprint density at radius 1 is 1.17 bits per heavy atom. The number of halogens is 3. The van der Waals surface area contributed by atoms with Gasteiger partial charge in [-0.25, -0.2) is 9.59 Å². The van der Waals surface area contributed by atoms with Crippen LogP contribution < -0.4 is 16.0 Å². The number of nitrogens with zero attached hydrogens (tertiary/aromatic N) is 1. The van der Waals surface area contributed by atoms with Crippen LogP contribution in [0, 0.1) is 0 Å². The highest BCUT2D eigenvalue weighted by Gasteiger charge is 2.30. The quantitative estimate of drug-likeness (QED) is 0.236. The fourth-order valence-electron chi connectivity index (χ4n) is 2.38. The topological polar surface area (TPSA) is 117 Å². The first-order chi connectivity index (χ1) is 13.7. The Morgan fingerprint density at radius 3 is 2.52 bits per heavy atom. The van der Waals surface area contributed by atoms with E-state index in [1.165, 1.54) is 25.3 Å². The number of ketones is 1. The predicted molar refractivity (Wildman–Crippen MR) is 97.9 cm³/mol. The first-order valence-electron chi connectivity index (χ1n) is 8.74. The fraction of sp³-hybridized carbons (Fsp3) is 0.444. The minimum Gasteiger partial charge on any atom is -0.353 e. The van der Waals surface area contributed by atoms with E-state index in [1.807, 2.05) is 0 Å². The Morgan fingerprint density at radius 2 is 1.90 bits per heavy atom. The van der Waals surface area contributed by atoms with Crippen molar-refractivity contribution >= 4 is 29.5 Å². The lowest BCUT2D eigenvalue weighted by molar-refractivity contribution is -0.138. The number of amides is 3. The highest BCUT2D eigenvalue weighted by atomic mass is 19.4. The molecule has 1 aromatic rings. The number of hydrogen-bond acceptors (Lipinski definition) is 5. The molecule has 1 atom stereocenters. The molecule has 0 aromatic heterocycles. The number of Topliss-reactive ketones (excluding diaryl/α,β-unsaturated/α-hetero) is 1. The van der Waals surface area contributed by atoms with Crippen molar-refractivity contribution in [1.82, 2.24) is 10.6 Å². The minimum absolute atomic E-state index is 0.0135. The van der Waals surface area contributed by atoms with E-state index in [1.54, 1.807) is 0 Å². The van der Waals surface area contributed by atoms with Crippen LogP contribution >= 0.6 is 0 Å². The van der Waals surface area contributed by atoms with Gasteiger partial charge in [0.2, 0.25) is 11.9 Å². The summed E-state index contributed by atoms with van der Waals surface area (Å²) >= 11 is 0. The average Bonchev–Trinajstić information content (AvgIpc) is 2.68. The zero-order chi connectivity index (χ0) is 21.9. The first-order valence-corrected chi connectivity index (χ1v) is 8.74. The number of carbonyl (C=O) groups is 3. The van der Waals surface area contributed by atoms with Crippen molar-refractivity contribution in [2.24, 2.45) is 4.99 Å². The summed E-state index contributed by atoms with van der Waals surface area (Å²) in [5, 5.41) is 6.98. The number of rotatable bonds is 10. The number of aliphatic imine (C=N–C) groups is 1. The second-order valence-corrected chi connectivity index (χ2v) is 5.99. The van der Waals surface area contributed by atoms with Crippen molar-refractivity contribution in [3.63, 3.8) is 0 Å². The van der Waals surface area contributed by atoms with E-state index >= 15 is 0 Å². The van der Waals surface area contributed by atoms with Gasteiger partial charge < -0.3 is 16.0 Å². The third-order valence-electron chi connectivity index (χ3n) is 3.85. The van der Waals surface area contributed by atoms with Crippen molar-refractivity contribution < 1.29 is 32.3 Å². The van der Waals surface area contributed by atoms with Crippen LogP contribution in [-0.2, 0) is 20.6 Å². The lowest BCUT2D eigenvalue weighted by atomic mass is 10.0. The fourth-order valence-corrected chi connectivity index (χ4v) is 2.38. The van der Waals surface area contributed by atoms with Gasteiger partial charge in [0.05, 0.1) is 5.56 Å². The summed E-state index contributed by atoms with van der Waals surface area (Å²) < 4.78 is 37.9. The molecule has 0 aliphatic rings. The highest BCUT2D eigenvalue weighted by Crippen LogP contribution is 2.30. The van der Waals surface area contributed by atoms with Gasteiger partial charge in [-0.05, 0) is 31.0 Å². The molecule has 3 N–H and O–H groups in total. The van der Waals surface area contributed by atoms with Crippen molar-refractivity contribution in [2.45, 2.75) is 37.9 Å². The summed E-state index contributed by atoms with van der Waals surface area (Å²) in [5.74, 6) is -1.67. The van der Waals surface area contributed by atoms with Crippen LogP contribution in [-0.4, -0.2) is 43.4 Å². The lowest BCUT2D eigenvalue weighted by Gasteiger charge is -2.11. The largest absolute Gasteiger partial charge is 0.416 e. The molecule has 158 valence electrons. The molecule has 0 bridgehead atoms. The highest BCUT2D eigenvalue weighted by molar-refractivity contribution is 6.38. The molecule has 0 heterocycles. The van der Waals surface area contributed by atoms with Crippen molar-refractivity contribution in [1.29, 1.82) is 0 Å². The summed E-state index contributed by atoms with van der Waals surface area (Å²) in [6.45, 7) is 0.246. The maximum Gasteiger partial charge on any atom is 0.416 e. The van der Waals surface area contributed by atoms with Gasteiger partial charge in [-0.1, -0.05) is 18.9 Å². The smallest absolute Gasteiger partial charge is 0.353 e. The van der Waals surface area contributed by atoms with Crippen molar-refractivity contribution in [3.8, 4) is 0 Å². The van der Waals surface area contributed by atoms with E-state index in [0.29, 0.717) is 19.3 Å². The summed E-state index contributed by atoms with van der Waals surface area (Å²) in [7, 11) is 1.29. The number of urea groups is 1. The van der Waals surface area contributed by atoms with Gasteiger partial charge in [0.1, 0.15) is 6.04 Å². The van der Waals surface area contributed by atoms with Gasteiger partial charge in [0.15, 0.2) is 0 Å². The number of nitrogens with one attached hydrogen (secondary N) is 3. The molecular formula is C18H21F3N4O4. The van der Waals surface area contributed by atoms with Crippen molar-refractivity contribution in [3.05, 3.63) is 29.8 Å². The number of alkyl halides is 3. The number of anilines is 1. The molecule has 0 saturated heterocycles. The molecule has 1 aromatic carbocycles. The van der Waals surface area contributed by atoms with E-state index < -0.39 is 35.5 Å². The maximum atomic E-state index is 12.6. The van der Waals surface area contributed by atoms with E-state index in [4.69, 9.17) is 0 Å². The van der Waals surface area contributed by atoms with Gasteiger partial charge in [0.25, 0.3) is 5.91 Å².